The molecule has 1 aliphatic heterocycles. The monoisotopic (exact) mass is 539 g/mol. The summed E-state index contributed by atoms with van der Waals surface area (Å²) in [6.45, 7) is 4.88. The van der Waals surface area contributed by atoms with Crippen LogP contribution in [0.1, 0.15) is 129 Å². The highest BCUT2D eigenvalue weighted by molar-refractivity contribution is 5.96. The molecule has 5 aliphatic carbocycles. The fourth-order valence-corrected chi connectivity index (χ4v) is 11.0. The van der Waals surface area contributed by atoms with Crippen LogP contribution >= 0.6 is 0 Å². The highest BCUT2D eigenvalue weighted by atomic mass is 16.2. The Kier molecular flexibility index (Phi) is 7.54. The van der Waals surface area contributed by atoms with Crippen molar-refractivity contribution >= 4 is 17.8 Å². The van der Waals surface area contributed by atoms with Crippen LogP contribution in [-0.2, 0) is 9.59 Å². The van der Waals surface area contributed by atoms with Gasteiger partial charge in [0.1, 0.15) is 0 Å². The predicted octanol–water partition coefficient (Wildman–Crippen LogP) is 6.67. The van der Waals surface area contributed by atoms with E-state index >= 15 is 0 Å². The highest BCUT2D eigenvalue weighted by Crippen LogP contribution is 2.66. The number of piperidine rings is 1. The zero-order valence-electron chi connectivity index (χ0n) is 24.9. The van der Waals surface area contributed by atoms with Crippen LogP contribution in [0, 0.1) is 34.5 Å². The maximum atomic E-state index is 14.5. The molecule has 0 aromatic heterocycles. The van der Waals surface area contributed by atoms with Crippen molar-refractivity contribution in [2.45, 2.75) is 148 Å². The quantitative estimate of drug-likeness (QED) is 0.435. The van der Waals surface area contributed by atoms with Crippen molar-refractivity contribution in [1.29, 1.82) is 0 Å². The lowest BCUT2D eigenvalue weighted by Gasteiger charge is -2.61. The lowest BCUT2D eigenvalue weighted by Crippen LogP contribution is -2.62. The van der Waals surface area contributed by atoms with Crippen molar-refractivity contribution in [1.82, 2.24) is 15.1 Å². The molecule has 4 amide bonds. The van der Waals surface area contributed by atoms with Gasteiger partial charge in [-0.3, -0.25) is 14.5 Å². The number of carbonyl (C=O) groups excluding carboxylic acids is 3. The van der Waals surface area contributed by atoms with Gasteiger partial charge in [-0.15, -0.1) is 0 Å². The van der Waals surface area contributed by atoms with Crippen LogP contribution in [0.3, 0.4) is 0 Å². The molecule has 1 saturated heterocycles. The lowest BCUT2D eigenvalue weighted by atomic mass is 9.47. The van der Waals surface area contributed by atoms with Crippen LogP contribution in [0.4, 0.5) is 4.79 Å². The number of hydrogen-bond acceptors (Lipinski definition) is 3. The smallest absolute Gasteiger partial charge is 0.324 e. The summed E-state index contributed by atoms with van der Waals surface area (Å²) in [6.07, 6.45) is 19.4. The number of hydrogen-bond donors (Lipinski definition) is 1. The fourth-order valence-electron chi connectivity index (χ4n) is 11.0. The average Bonchev–Trinajstić information content (AvgIpc) is 3.29. The van der Waals surface area contributed by atoms with Crippen LogP contribution in [0.25, 0.3) is 0 Å². The van der Waals surface area contributed by atoms with E-state index in [1.807, 2.05) is 7.05 Å². The van der Waals surface area contributed by atoms with Gasteiger partial charge in [0.2, 0.25) is 11.8 Å². The molecule has 0 spiro atoms. The van der Waals surface area contributed by atoms with Crippen LogP contribution in [-0.4, -0.2) is 52.8 Å². The van der Waals surface area contributed by atoms with E-state index < -0.39 is 0 Å². The van der Waals surface area contributed by atoms with E-state index in [0.717, 1.165) is 77.0 Å². The molecular weight excluding hydrogens is 486 g/mol. The summed E-state index contributed by atoms with van der Waals surface area (Å²) >= 11 is 0. The van der Waals surface area contributed by atoms with Crippen LogP contribution in [0.15, 0.2) is 0 Å². The summed E-state index contributed by atoms with van der Waals surface area (Å²) in [4.78, 5) is 44.7. The summed E-state index contributed by atoms with van der Waals surface area (Å²) in [6, 6.07) is 0.568. The molecule has 6 rings (SSSR count). The first-order valence-corrected chi connectivity index (χ1v) is 16.6. The van der Waals surface area contributed by atoms with Gasteiger partial charge in [0.25, 0.3) is 0 Å². The molecule has 6 fully saturated rings. The Labute approximate surface area is 236 Å². The van der Waals surface area contributed by atoms with Crippen LogP contribution < -0.4 is 5.32 Å². The molecule has 1 N–H and O–H groups in total. The molecule has 5 saturated carbocycles. The van der Waals surface area contributed by atoms with Gasteiger partial charge in [0, 0.05) is 37.5 Å². The minimum absolute atomic E-state index is 0.0180. The number of rotatable bonds is 3. The molecule has 0 bridgehead atoms. The average molecular weight is 540 g/mol. The van der Waals surface area contributed by atoms with E-state index in [9.17, 15) is 14.4 Å². The fraction of sp³-hybridized carbons (Fsp3) is 0.909. The van der Waals surface area contributed by atoms with Gasteiger partial charge in [-0.05, 0) is 99.2 Å². The van der Waals surface area contributed by atoms with Gasteiger partial charge in [0.15, 0.2) is 0 Å². The summed E-state index contributed by atoms with van der Waals surface area (Å²) in [5, 5.41) is 3.33. The van der Waals surface area contributed by atoms with Crippen molar-refractivity contribution in [3.8, 4) is 0 Å². The van der Waals surface area contributed by atoms with Gasteiger partial charge in [-0.1, -0.05) is 52.4 Å². The lowest BCUT2D eigenvalue weighted by molar-refractivity contribution is -0.161. The minimum atomic E-state index is -0.0949. The van der Waals surface area contributed by atoms with Crippen molar-refractivity contribution in [2.24, 2.45) is 34.5 Å². The van der Waals surface area contributed by atoms with Crippen molar-refractivity contribution in [2.75, 3.05) is 7.05 Å². The second-order valence-corrected chi connectivity index (χ2v) is 14.9. The largest absolute Gasteiger partial charge is 0.342 e. The van der Waals surface area contributed by atoms with Gasteiger partial charge >= 0.3 is 6.03 Å². The Hall–Kier alpha value is -1.59. The van der Waals surface area contributed by atoms with E-state index in [1.54, 1.807) is 4.90 Å². The molecule has 1 heterocycles. The summed E-state index contributed by atoms with van der Waals surface area (Å²) in [7, 11) is 2.03. The summed E-state index contributed by atoms with van der Waals surface area (Å²) in [5.41, 5.74) is 0.179. The third-order valence-electron chi connectivity index (χ3n) is 13.2. The summed E-state index contributed by atoms with van der Waals surface area (Å²) < 4.78 is 0. The number of nitrogens with one attached hydrogen (secondary N) is 1. The maximum Gasteiger partial charge on any atom is 0.324 e. The third-order valence-corrected chi connectivity index (χ3v) is 13.2. The first-order chi connectivity index (χ1) is 18.7. The molecule has 0 radical (unpaired) electrons. The Balaban J connectivity index is 1.22. The SMILES string of the molecule is CN1C(=O)CC[C@]2(C)[C@H]3CC[C@]4(C)[C@@H](C(=O)N(C(=O)NC5CCCCC5)C5CCCCC5)CC[C@H]4[C@@H]3CC[C@@H]12. The Bertz CT molecular complexity index is 956. The molecule has 7 atom stereocenters. The first-order valence-electron chi connectivity index (χ1n) is 16.6. The zero-order valence-corrected chi connectivity index (χ0v) is 24.9. The van der Waals surface area contributed by atoms with E-state index in [-0.39, 0.29) is 40.8 Å². The molecule has 0 aromatic rings. The number of carbonyl (C=O) groups is 3. The Morgan fingerprint density at radius 1 is 0.795 bits per heavy atom. The predicted molar refractivity (Wildman–Crippen MR) is 153 cm³/mol. The van der Waals surface area contributed by atoms with Crippen molar-refractivity contribution in [3.05, 3.63) is 0 Å². The Morgan fingerprint density at radius 2 is 1.46 bits per heavy atom. The molecule has 6 nitrogen and oxygen atoms in total. The number of nitrogens with zero attached hydrogens (tertiary/aromatic N) is 2. The standard InChI is InChI=1S/C33H53N3O3/c1-32-20-18-26-24(14-17-28-33(26,2)21-19-29(37)35(28)3)25(32)15-16-27(32)30(38)36(23-12-8-5-9-13-23)31(39)34-22-10-6-4-7-11-22/h22-28H,4-21H2,1-3H3,(H,34,39)/t24-,25-,26-,27+,28+,32-,33+/m0/s1. The minimum Gasteiger partial charge on any atom is -0.342 e. The number of urea groups is 1. The maximum absolute atomic E-state index is 14.5. The normalized spacial score (nSPS) is 41.4. The van der Waals surface area contributed by atoms with Gasteiger partial charge in [0.05, 0.1) is 0 Å². The van der Waals surface area contributed by atoms with Gasteiger partial charge in [-0.25, -0.2) is 4.79 Å². The van der Waals surface area contributed by atoms with Crippen molar-refractivity contribution in [3.63, 3.8) is 0 Å². The highest BCUT2D eigenvalue weighted by Gasteiger charge is 2.62. The third kappa shape index (κ3) is 4.64. The number of amides is 4. The van der Waals surface area contributed by atoms with E-state index in [0.29, 0.717) is 36.1 Å². The number of likely N-dealkylation sites (tertiary alicyclic amines) is 1. The van der Waals surface area contributed by atoms with Crippen LogP contribution in [0.2, 0.25) is 0 Å². The van der Waals surface area contributed by atoms with Crippen LogP contribution in [0.5, 0.6) is 0 Å². The molecule has 6 heteroatoms. The zero-order chi connectivity index (χ0) is 27.4. The van der Waals surface area contributed by atoms with Crippen molar-refractivity contribution < 1.29 is 14.4 Å². The van der Waals surface area contributed by atoms with E-state index in [4.69, 9.17) is 0 Å². The molecular formula is C33H53N3O3. The molecule has 0 aromatic carbocycles. The number of imide groups is 1. The second-order valence-electron chi connectivity index (χ2n) is 14.9. The molecule has 218 valence electrons. The van der Waals surface area contributed by atoms with Gasteiger partial charge < -0.3 is 10.2 Å². The van der Waals surface area contributed by atoms with E-state index in [2.05, 4.69) is 24.1 Å². The summed E-state index contributed by atoms with van der Waals surface area (Å²) in [5.74, 6) is 2.26. The second kappa shape index (κ2) is 10.7. The topological polar surface area (TPSA) is 69.7 Å². The first kappa shape index (κ1) is 27.6. The van der Waals surface area contributed by atoms with Gasteiger partial charge in [-0.2, -0.15) is 0 Å². The number of fused-ring (bicyclic) bond motifs is 5. The molecule has 6 aliphatic rings. The van der Waals surface area contributed by atoms with E-state index in [1.165, 1.54) is 32.1 Å². The molecule has 0 unspecified atom stereocenters. The molecule has 39 heavy (non-hydrogen) atoms. The Morgan fingerprint density at radius 3 is 2.18 bits per heavy atom.